The Kier molecular flexibility index (Phi) is 4.27. The van der Waals surface area contributed by atoms with Gasteiger partial charge in [-0.15, -0.1) is 0 Å². The summed E-state index contributed by atoms with van der Waals surface area (Å²) in [6.07, 6.45) is 1.01. The minimum Gasteiger partial charge on any atom is -0.351 e. The van der Waals surface area contributed by atoms with Crippen molar-refractivity contribution in [2.75, 3.05) is 24.5 Å². The van der Waals surface area contributed by atoms with Gasteiger partial charge in [0.25, 0.3) is 0 Å². The zero-order chi connectivity index (χ0) is 14.9. The number of aryl methyl sites for hydroxylation is 2. The molecule has 2 heterocycles. The fourth-order valence-corrected chi connectivity index (χ4v) is 2.96. The molecule has 1 aromatic rings. The van der Waals surface area contributed by atoms with E-state index in [1.54, 1.807) is 11.6 Å². The highest BCUT2D eigenvalue weighted by molar-refractivity contribution is 5.61. The summed E-state index contributed by atoms with van der Waals surface area (Å²) in [5.74, 6) is 1.58. The van der Waals surface area contributed by atoms with Gasteiger partial charge >= 0.3 is 5.69 Å². The molecule has 2 rings (SSSR count). The smallest absolute Gasteiger partial charge is 0.333 e. The second kappa shape index (κ2) is 5.78. The van der Waals surface area contributed by atoms with Crippen molar-refractivity contribution in [1.29, 1.82) is 0 Å². The molecule has 0 radical (unpaired) electrons. The first kappa shape index (κ1) is 14.8. The van der Waals surface area contributed by atoms with Crippen LogP contribution in [0.15, 0.2) is 0 Å². The first-order valence-electron chi connectivity index (χ1n) is 7.16. The van der Waals surface area contributed by atoms with E-state index in [1.807, 2.05) is 6.92 Å². The van der Waals surface area contributed by atoms with E-state index < -0.39 is 0 Å². The van der Waals surface area contributed by atoms with Crippen molar-refractivity contribution in [2.24, 2.45) is 17.6 Å². The molecule has 2 unspecified atom stereocenters. The van der Waals surface area contributed by atoms with Crippen LogP contribution in [0.2, 0.25) is 0 Å². The molecular weight excluding hydrogens is 258 g/mol. The molecule has 1 aliphatic heterocycles. The maximum absolute atomic E-state index is 11.3. The van der Waals surface area contributed by atoms with Gasteiger partial charge in [-0.05, 0) is 38.6 Å². The first-order valence-corrected chi connectivity index (χ1v) is 7.16. The number of nitrogens with zero attached hydrogens (tertiary/aromatic N) is 4. The summed E-state index contributed by atoms with van der Waals surface area (Å²) in [5, 5.41) is 15.6. The lowest BCUT2D eigenvalue weighted by Crippen LogP contribution is -2.43. The Hall–Kier alpha value is -1.63. The molecule has 0 amide bonds. The van der Waals surface area contributed by atoms with Gasteiger partial charge < -0.3 is 10.6 Å². The molecule has 0 saturated carbocycles. The van der Waals surface area contributed by atoms with Crippen molar-refractivity contribution < 1.29 is 4.92 Å². The van der Waals surface area contributed by atoms with E-state index in [0.29, 0.717) is 36.4 Å². The Labute approximate surface area is 118 Å². The average Bonchev–Trinajstić information content (AvgIpc) is 2.76. The van der Waals surface area contributed by atoms with Crippen LogP contribution in [0.5, 0.6) is 0 Å². The molecule has 0 bridgehead atoms. The molecule has 0 aromatic carbocycles. The van der Waals surface area contributed by atoms with E-state index in [0.717, 1.165) is 19.5 Å². The van der Waals surface area contributed by atoms with Crippen LogP contribution in [0.4, 0.5) is 11.5 Å². The highest BCUT2D eigenvalue weighted by Gasteiger charge is 2.33. The van der Waals surface area contributed by atoms with Gasteiger partial charge in [0, 0.05) is 19.6 Å². The van der Waals surface area contributed by atoms with Crippen LogP contribution < -0.4 is 10.6 Å². The largest absolute Gasteiger partial charge is 0.351 e. The molecule has 1 fully saturated rings. The second-order valence-corrected chi connectivity index (χ2v) is 5.54. The third-order valence-electron chi connectivity index (χ3n) is 4.27. The molecule has 20 heavy (non-hydrogen) atoms. The number of piperidine rings is 1. The van der Waals surface area contributed by atoms with Gasteiger partial charge in [-0.1, -0.05) is 6.92 Å². The summed E-state index contributed by atoms with van der Waals surface area (Å²) in [6.45, 7) is 8.68. The number of nitro groups is 1. The summed E-state index contributed by atoms with van der Waals surface area (Å²) < 4.78 is 1.73. The highest BCUT2D eigenvalue weighted by atomic mass is 16.6. The molecule has 2 atom stereocenters. The zero-order valence-electron chi connectivity index (χ0n) is 12.4. The Morgan fingerprint density at radius 3 is 2.80 bits per heavy atom. The number of hydrogen-bond acceptors (Lipinski definition) is 5. The minimum absolute atomic E-state index is 0.136. The SMILES string of the molecule is CCn1nc(C)c([N+](=O)[O-])c1N1CCC(C)C(CN)C1. The third-order valence-corrected chi connectivity index (χ3v) is 4.27. The van der Waals surface area contributed by atoms with Crippen LogP contribution in [-0.2, 0) is 6.54 Å². The molecule has 1 saturated heterocycles. The molecular formula is C13H23N5O2. The lowest BCUT2D eigenvalue weighted by Gasteiger charge is -2.37. The average molecular weight is 281 g/mol. The van der Waals surface area contributed by atoms with Crippen molar-refractivity contribution in [3.8, 4) is 0 Å². The summed E-state index contributed by atoms with van der Waals surface area (Å²) in [5.41, 5.74) is 6.44. The van der Waals surface area contributed by atoms with Gasteiger partial charge in [0.05, 0.1) is 4.92 Å². The molecule has 2 N–H and O–H groups in total. The van der Waals surface area contributed by atoms with Crippen molar-refractivity contribution >= 4 is 11.5 Å². The summed E-state index contributed by atoms with van der Waals surface area (Å²) in [6, 6.07) is 0. The van der Waals surface area contributed by atoms with Gasteiger partial charge in [0.2, 0.25) is 5.82 Å². The maximum Gasteiger partial charge on any atom is 0.333 e. The van der Waals surface area contributed by atoms with Crippen LogP contribution in [0.3, 0.4) is 0 Å². The summed E-state index contributed by atoms with van der Waals surface area (Å²) in [7, 11) is 0. The highest BCUT2D eigenvalue weighted by Crippen LogP contribution is 2.35. The van der Waals surface area contributed by atoms with Gasteiger partial charge in [-0.3, -0.25) is 10.1 Å². The third kappa shape index (κ3) is 2.49. The summed E-state index contributed by atoms with van der Waals surface area (Å²) in [4.78, 5) is 13.1. The van der Waals surface area contributed by atoms with E-state index in [2.05, 4.69) is 16.9 Å². The van der Waals surface area contributed by atoms with E-state index in [1.165, 1.54) is 0 Å². The topological polar surface area (TPSA) is 90.2 Å². The van der Waals surface area contributed by atoms with Crippen LogP contribution in [0.1, 0.15) is 26.0 Å². The fourth-order valence-electron chi connectivity index (χ4n) is 2.96. The second-order valence-electron chi connectivity index (χ2n) is 5.54. The molecule has 7 nitrogen and oxygen atoms in total. The molecule has 0 aliphatic carbocycles. The van der Waals surface area contributed by atoms with Crippen molar-refractivity contribution in [2.45, 2.75) is 33.7 Å². The van der Waals surface area contributed by atoms with Crippen LogP contribution in [0, 0.1) is 28.9 Å². The first-order chi connectivity index (χ1) is 9.49. The molecule has 1 aromatic heterocycles. The molecule has 1 aliphatic rings. The van der Waals surface area contributed by atoms with Crippen LogP contribution >= 0.6 is 0 Å². The molecule has 0 spiro atoms. The van der Waals surface area contributed by atoms with E-state index >= 15 is 0 Å². The van der Waals surface area contributed by atoms with Gasteiger partial charge in [-0.25, -0.2) is 4.68 Å². The Bertz CT molecular complexity index is 499. The normalized spacial score (nSPS) is 23.1. The van der Waals surface area contributed by atoms with Crippen molar-refractivity contribution in [3.05, 3.63) is 15.8 Å². The maximum atomic E-state index is 11.3. The number of nitrogens with two attached hydrogens (primary N) is 1. The zero-order valence-corrected chi connectivity index (χ0v) is 12.4. The quantitative estimate of drug-likeness (QED) is 0.668. The lowest BCUT2D eigenvalue weighted by atomic mass is 9.87. The summed E-state index contributed by atoms with van der Waals surface area (Å²) >= 11 is 0. The lowest BCUT2D eigenvalue weighted by molar-refractivity contribution is -0.384. The Morgan fingerprint density at radius 1 is 1.55 bits per heavy atom. The fraction of sp³-hybridized carbons (Fsp3) is 0.769. The van der Waals surface area contributed by atoms with Gasteiger partial charge in [0.15, 0.2) is 0 Å². The number of rotatable bonds is 4. The monoisotopic (exact) mass is 281 g/mol. The van der Waals surface area contributed by atoms with Gasteiger partial charge in [0.1, 0.15) is 5.69 Å². The van der Waals surface area contributed by atoms with Crippen LogP contribution in [0.25, 0.3) is 0 Å². The number of hydrogen-bond donors (Lipinski definition) is 1. The Balaban J connectivity index is 2.38. The van der Waals surface area contributed by atoms with Crippen molar-refractivity contribution in [1.82, 2.24) is 9.78 Å². The van der Waals surface area contributed by atoms with E-state index in [-0.39, 0.29) is 10.6 Å². The van der Waals surface area contributed by atoms with Crippen LogP contribution in [-0.4, -0.2) is 34.3 Å². The standard InChI is InChI=1S/C13H23N5O2/c1-4-17-13(12(18(19)20)10(3)15-17)16-6-5-9(2)11(7-14)8-16/h9,11H,4-8,14H2,1-3H3. The Morgan fingerprint density at radius 2 is 2.25 bits per heavy atom. The van der Waals surface area contributed by atoms with E-state index in [9.17, 15) is 10.1 Å². The molecule has 7 heteroatoms. The van der Waals surface area contributed by atoms with E-state index in [4.69, 9.17) is 5.73 Å². The number of anilines is 1. The number of aromatic nitrogens is 2. The predicted molar refractivity (Wildman–Crippen MR) is 77.8 cm³/mol. The predicted octanol–water partition coefficient (Wildman–Crippen LogP) is 1.54. The minimum atomic E-state index is -0.320. The van der Waals surface area contributed by atoms with Gasteiger partial charge in [-0.2, -0.15) is 5.10 Å². The molecule has 112 valence electrons. The van der Waals surface area contributed by atoms with Crippen molar-refractivity contribution in [3.63, 3.8) is 0 Å².